The average Bonchev–Trinajstić information content (AvgIpc) is 2.74. The van der Waals surface area contributed by atoms with E-state index in [4.69, 9.17) is 0 Å². The molecule has 0 aliphatic carbocycles. The van der Waals surface area contributed by atoms with Gasteiger partial charge in [0.15, 0.2) is 12.3 Å². The third-order valence-corrected chi connectivity index (χ3v) is 3.50. The molecular formula is C21H16N4O4. The number of carbonyl (C=O) groups excluding carboxylic acids is 4. The molecule has 2 aromatic carbocycles. The van der Waals surface area contributed by atoms with Gasteiger partial charge in [0.1, 0.15) is 0 Å². The molecule has 0 atom stereocenters. The van der Waals surface area contributed by atoms with Gasteiger partial charge in [0.25, 0.3) is 0 Å². The zero-order chi connectivity index (χ0) is 21.5. The molecule has 0 radical (unpaired) electrons. The third kappa shape index (κ3) is 7.85. The molecule has 8 heteroatoms. The van der Waals surface area contributed by atoms with E-state index in [0.29, 0.717) is 11.1 Å². The van der Waals surface area contributed by atoms with Crippen LogP contribution in [0.5, 0.6) is 0 Å². The van der Waals surface area contributed by atoms with Crippen LogP contribution in [0.15, 0.2) is 81.1 Å². The molecule has 0 saturated carbocycles. The van der Waals surface area contributed by atoms with Gasteiger partial charge in [-0.2, -0.15) is 20.0 Å². The molecule has 0 aliphatic heterocycles. The Labute approximate surface area is 166 Å². The van der Waals surface area contributed by atoms with Gasteiger partial charge in [0.2, 0.25) is 24.3 Å². The summed E-state index contributed by atoms with van der Waals surface area (Å²) in [4.78, 5) is 53.8. The maximum Gasteiger partial charge on any atom is 0.237 e. The van der Waals surface area contributed by atoms with Gasteiger partial charge in [-0.05, 0) is 18.1 Å². The first kappa shape index (κ1) is 22.7. The summed E-state index contributed by atoms with van der Waals surface area (Å²) in [5, 5.41) is 0. The Morgan fingerprint density at radius 3 is 1.41 bits per heavy atom. The van der Waals surface area contributed by atoms with E-state index in [-0.39, 0.29) is 0 Å². The van der Waals surface area contributed by atoms with E-state index in [9.17, 15) is 19.2 Å². The maximum atomic E-state index is 10.1. The number of nitrogens with zero attached hydrogens (tertiary/aromatic N) is 4. The van der Waals surface area contributed by atoms with Crippen LogP contribution in [0, 0.1) is 0 Å². The molecule has 0 amide bonds. The number of isocyanates is 4. The maximum absolute atomic E-state index is 10.1. The molecule has 0 saturated heterocycles. The smallest absolute Gasteiger partial charge is 0.211 e. The number of allylic oxidation sites excluding steroid dienone is 1. The SMILES string of the molecule is C=C(C)c1ccc(C(N=C=O)N=C=O)cc1.O=C=NC(N=C=O)c1ccccc1. The molecule has 2 aromatic rings. The van der Waals surface area contributed by atoms with Gasteiger partial charge in [0, 0.05) is 5.56 Å². The predicted octanol–water partition coefficient (Wildman–Crippen LogP) is 3.75. The highest BCUT2D eigenvalue weighted by Crippen LogP contribution is 2.20. The minimum atomic E-state index is -0.853. The van der Waals surface area contributed by atoms with Gasteiger partial charge in [-0.1, -0.05) is 66.7 Å². The Bertz CT molecular complexity index is 972. The van der Waals surface area contributed by atoms with Gasteiger partial charge < -0.3 is 0 Å². The highest BCUT2D eigenvalue weighted by Gasteiger charge is 2.08. The van der Waals surface area contributed by atoms with Gasteiger partial charge in [-0.3, -0.25) is 0 Å². The normalized spacial score (nSPS) is 10.8. The molecule has 0 unspecified atom stereocenters. The second-order valence-corrected chi connectivity index (χ2v) is 5.44. The Kier molecular flexibility index (Phi) is 10.2. The lowest BCUT2D eigenvalue weighted by atomic mass is 10.1. The van der Waals surface area contributed by atoms with Crippen molar-refractivity contribution in [2.24, 2.45) is 20.0 Å². The fourth-order valence-corrected chi connectivity index (χ4v) is 2.12. The molecule has 0 aromatic heterocycles. The third-order valence-electron chi connectivity index (χ3n) is 3.50. The number of hydrogen-bond donors (Lipinski definition) is 0. The topological polar surface area (TPSA) is 118 Å². The van der Waals surface area contributed by atoms with Crippen LogP contribution in [0.25, 0.3) is 5.57 Å². The zero-order valence-electron chi connectivity index (χ0n) is 15.5. The molecule has 0 spiro atoms. The fraction of sp³-hybridized carbons (Fsp3) is 0.143. The summed E-state index contributed by atoms with van der Waals surface area (Å²) in [6.07, 6.45) is 3.79. The summed E-state index contributed by atoms with van der Waals surface area (Å²) < 4.78 is 0. The van der Waals surface area contributed by atoms with Crippen molar-refractivity contribution in [1.82, 2.24) is 0 Å². The quantitative estimate of drug-likeness (QED) is 0.530. The first-order chi connectivity index (χ1) is 14.1. The van der Waals surface area contributed by atoms with E-state index in [1.807, 2.05) is 25.1 Å². The molecule has 29 heavy (non-hydrogen) atoms. The van der Waals surface area contributed by atoms with Crippen molar-refractivity contribution < 1.29 is 19.2 Å². The molecular weight excluding hydrogens is 372 g/mol. The van der Waals surface area contributed by atoms with Crippen LogP contribution in [-0.2, 0) is 19.2 Å². The van der Waals surface area contributed by atoms with Crippen LogP contribution < -0.4 is 0 Å². The van der Waals surface area contributed by atoms with E-state index in [1.165, 1.54) is 24.3 Å². The lowest BCUT2D eigenvalue weighted by Gasteiger charge is -2.05. The van der Waals surface area contributed by atoms with Crippen molar-refractivity contribution in [3.8, 4) is 0 Å². The number of benzene rings is 2. The summed E-state index contributed by atoms with van der Waals surface area (Å²) in [6.45, 7) is 5.69. The highest BCUT2D eigenvalue weighted by atomic mass is 16.1. The average molecular weight is 388 g/mol. The molecule has 0 fully saturated rings. The fourth-order valence-electron chi connectivity index (χ4n) is 2.12. The van der Waals surface area contributed by atoms with Crippen LogP contribution in [0.2, 0.25) is 0 Å². The molecule has 0 bridgehead atoms. The molecule has 0 heterocycles. The summed E-state index contributed by atoms with van der Waals surface area (Å²) >= 11 is 0. The van der Waals surface area contributed by atoms with E-state index in [2.05, 4.69) is 26.5 Å². The largest absolute Gasteiger partial charge is 0.237 e. The zero-order valence-corrected chi connectivity index (χ0v) is 15.5. The first-order valence-electron chi connectivity index (χ1n) is 8.16. The predicted molar refractivity (Wildman–Crippen MR) is 106 cm³/mol. The van der Waals surface area contributed by atoms with Crippen LogP contribution >= 0.6 is 0 Å². The molecule has 8 nitrogen and oxygen atoms in total. The molecule has 144 valence electrons. The summed E-state index contributed by atoms with van der Waals surface area (Å²) in [5.41, 5.74) is 3.21. The monoisotopic (exact) mass is 388 g/mol. The van der Waals surface area contributed by atoms with Crippen molar-refractivity contribution in [3.63, 3.8) is 0 Å². The number of hydrogen-bond acceptors (Lipinski definition) is 8. The molecule has 2 rings (SSSR count). The Hall–Kier alpha value is -4.30. The van der Waals surface area contributed by atoms with Gasteiger partial charge in [-0.25, -0.2) is 19.2 Å². The second-order valence-electron chi connectivity index (χ2n) is 5.44. The summed E-state index contributed by atoms with van der Waals surface area (Å²) in [6, 6.07) is 15.9. The van der Waals surface area contributed by atoms with E-state index < -0.39 is 12.3 Å². The summed E-state index contributed by atoms with van der Waals surface area (Å²) in [5.74, 6) is 0. The van der Waals surface area contributed by atoms with Gasteiger partial charge in [0.05, 0.1) is 0 Å². The standard InChI is InChI=1S/C12H10N2O2.C9H6N2O2/c1-9(2)10-3-5-11(6-4-10)12(13-7-15)14-8-16;12-6-10-9(11-7-13)8-4-2-1-3-5-8/h3-6,12H,1H2,2H3;1-5,9H. The van der Waals surface area contributed by atoms with E-state index >= 15 is 0 Å². The first-order valence-corrected chi connectivity index (χ1v) is 8.16. The number of aliphatic imine (C=N–C) groups is 4. The van der Waals surface area contributed by atoms with Crippen molar-refractivity contribution >= 4 is 29.9 Å². The van der Waals surface area contributed by atoms with Crippen LogP contribution in [-0.4, -0.2) is 24.3 Å². The lowest BCUT2D eigenvalue weighted by Crippen LogP contribution is -1.91. The lowest BCUT2D eigenvalue weighted by molar-refractivity contribution is 0.550. The minimum Gasteiger partial charge on any atom is -0.211 e. The summed E-state index contributed by atoms with van der Waals surface area (Å²) in [7, 11) is 0. The van der Waals surface area contributed by atoms with Crippen LogP contribution in [0.1, 0.15) is 35.9 Å². The van der Waals surface area contributed by atoms with E-state index in [1.54, 1.807) is 36.4 Å². The van der Waals surface area contributed by atoms with E-state index in [0.717, 1.165) is 11.1 Å². The highest BCUT2D eigenvalue weighted by molar-refractivity contribution is 5.61. The Balaban J connectivity index is 0.000000296. The van der Waals surface area contributed by atoms with Gasteiger partial charge >= 0.3 is 0 Å². The Morgan fingerprint density at radius 2 is 1.07 bits per heavy atom. The van der Waals surface area contributed by atoms with Crippen molar-refractivity contribution in [2.75, 3.05) is 0 Å². The van der Waals surface area contributed by atoms with Crippen LogP contribution in [0.4, 0.5) is 0 Å². The second kappa shape index (κ2) is 13.0. The van der Waals surface area contributed by atoms with Crippen molar-refractivity contribution in [1.29, 1.82) is 0 Å². The minimum absolute atomic E-state index is 0.636. The Morgan fingerprint density at radius 1 is 0.690 bits per heavy atom. The van der Waals surface area contributed by atoms with Crippen LogP contribution in [0.3, 0.4) is 0 Å². The molecule has 0 N–H and O–H groups in total. The number of rotatable bonds is 7. The van der Waals surface area contributed by atoms with Crippen molar-refractivity contribution in [2.45, 2.75) is 19.3 Å². The van der Waals surface area contributed by atoms with Crippen molar-refractivity contribution in [3.05, 3.63) is 77.9 Å². The molecule has 0 aliphatic rings. The van der Waals surface area contributed by atoms with Gasteiger partial charge in [-0.15, -0.1) is 0 Å².